The fourth-order valence-corrected chi connectivity index (χ4v) is 2.58. The summed E-state index contributed by atoms with van der Waals surface area (Å²) in [5, 5.41) is 4.29. The Balaban J connectivity index is 2.15. The molecule has 0 fully saturated rings. The molecule has 0 radical (unpaired) electrons. The average molecular weight is 291 g/mol. The highest BCUT2D eigenvalue weighted by Crippen LogP contribution is 2.27. The van der Waals surface area contributed by atoms with Crippen molar-refractivity contribution in [1.29, 1.82) is 0 Å². The van der Waals surface area contributed by atoms with Crippen molar-refractivity contribution < 1.29 is 9.53 Å². The lowest BCUT2D eigenvalue weighted by atomic mass is 10.1. The van der Waals surface area contributed by atoms with Crippen molar-refractivity contribution in [2.75, 3.05) is 18.2 Å². The van der Waals surface area contributed by atoms with Gasteiger partial charge in [0, 0.05) is 11.1 Å². The summed E-state index contributed by atoms with van der Waals surface area (Å²) in [6, 6.07) is 5.12. The lowest BCUT2D eigenvalue weighted by molar-refractivity contribution is 0.0601. The van der Waals surface area contributed by atoms with Crippen molar-refractivity contribution >= 4 is 28.7 Å². The number of hydrogen-bond donors (Lipinski definition) is 2. The van der Waals surface area contributed by atoms with Gasteiger partial charge < -0.3 is 15.8 Å². The van der Waals surface area contributed by atoms with Crippen molar-refractivity contribution in [3.63, 3.8) is 0 Å². The smallest absolute Gasteiger partial charge is 0.337 e. The number of aromatic nitrogens is 1. The van der Waals surface area contributed by atoms with E-state index in [0.717, 1.165) is 10.7 Å². The summed E-state index contributed by atoms with van der Waals surface area (Å²) in [4.78, 5) is 16.9. The zero-order chi connectivity index (χ0) is 14.7. The van der Waals surface area contributed by atoms with Crippen molar-refractivity contribution in [2.24, 2.45) is 0 Å². The van der Waals surface area contributed by atoms with E-state index in [0.29, 0.717) is 11.3 Å². The number of ether oxygens (including phenoxy) is 1. The molecule has 0 bridgehead atoms. The molecule has 0 aliphatic carbocycles. The lowest BCUT2D eigenvalue weighted by Crippen LogP contribution is -2.09. The first-order valence-corrected chi connectivity index (χ1v) is 6.99. The molecule has 1 unspecified atom stereocenters. The van der Waals surface area contributed by atoms with Crippen LogP contribution < -0.4 is 11.1 Å². The Hall–Kier alpha value is -2.08. The molecule has 0 aliphatic heterocycles. The summed E-state index contributed by atoms with van der Waals surface area (Å²) in [5.41, 5.74) is 7.68. The quantitative estimate of drug-likeness (QED) is 0.669. The lowest BCUT2D eigenvalue weighted by Gasteiger charge is -2.15. The SMILES string of the molecule is COC(=O)c1ccc(NC(C)c2ncc(C)s2)c(N)c1. The monoisotopic (exact) mass is 291 g/mol. The zero-order valence-electron chi connectivity index (χ0n) is 11.6. The summed E-state index contributed by atoms with van der Waals surface area (Å²) < 4.78 is 4.66. The van der Waals surface area contributed by atoms with Crippen LogP contribution in [0.25, 0.3) is 0 Å². The Kier molecular flexibility index (Phi) is 4.24. The molecule has 2 aromatic rings. The second kappa shape index (κ2) is 5.92. The molecule has 1 aromatic carbocycles. The number of nitrogens with one attached hydrogen (secondary N) is 1. The van der Waals surface area contributed by atoms with E-state index in [-0.39, 0.29) is 6.04 Å². The topological polar surface area (TPSA) is 77.2 Å². The number of nitrogens with two attached hydrogens (primary N) is 1. The van der Waals surface area contributed by atoms with Gasteiger partial charge in [0.1, 0.15) is 5.01 Å². The third-order valence-electron chi connectivity index (χ3n) is 2.85. The number of rotatable bonds is 4. The zero-order valence-corrected chi connectivity index (χ0v) is 12.5. The minimum Gasteiger partial charge on any atom is -0.465 e. The van der Waals surface area contributed by atoms with Crippen LogP contribution in [0.5, 0.6) is 0 Å². The maximum Gasteiger partial charge on any atom is 0.337 e. The number of aryl methyl sites for hydroxylation is 1. The minimum atomic E-state index is -0.396. The van der Waals surface area contributed by atoms with Gasteiger partial charge in [0.2, 0.25) is 0 Å². The van der Waals surface area contributed by atoms with Gasteiger partial charge in [0.25, 0.3) is 0 Å². The average Bonchev–Trinajstić information content (AvgIpc) is 2.86. The van der Waals surface area contributed by atoms with Gasteiger partial charge in [-0.15, -0.1) is 11.3 Å². The third kappa shape index (κ3) is 3.08. The number of esters is 1. The number of methoxy groups -OCH3 is 1. The van der Waals surface area contributed by atoms with E-state index < -0.39 is 5.97 Å². The molecule has 1 heterocycles. The normalized spacial score (nSPS) is 11.9. The number of carbonyl (C=O) groups is 1. The summed E-state index contributed by atoms with van der Waals surface area (Å²) in [6.45, 7) is 4.04. The van der Waals surface area contributed by atoms with Crippen molar-refractivity contribution in [2.45, 2.75) is 19.9 Å². The molecule has 1 atom stereocenters. The highest BCUT2D eigenvalue weighted by Gasteiger charge is 2.12. The van der Waals surface area contributed by atoms with Crippen LogP contribution in [0.1, 0.15) is 33.2 Å². The third-order valence-corrected chi connectivity index (χ3v) is 3.95. The number of hydrogen-bond acceptors (Lipinski definition) is 6. The van der Waals surface area contributed by atoms with Crippen LogP contribution in [0.15, 0.2) is 24.4 Å². The molecule has 0 saturated heterocycles. The molecule has 0 amide bonds. The van der Waals surface area contributed by atoms with E-state index in [1.807, 2.05) is 20.0 Å². The first-order chi connectivity index (χ1) is 9.51. The maximum absolute atomic E-state index is 11.4. The van der Waals surface area contributed by atoms with Crippen molar-refractivity contribution in [1.82, 2.24) is 4.98 Å². The van der Waals surface area contributed by atoms with Gasteiger partial charge in [0.05, 0.1) is 30.1 Å². The second-order valence-corrected chi connectivity index (χ2v) is 5.74. The van der Waals surface area contributed by atoms with Gasteiger partial charge in [0.15, 0.2) is 0 Å². The highest BCUT2D eigenvalue weighted by atomic mass is 32.1. The molecule has 1 aromatic heterocycles. The number of carbonyl (C=O) groups excluding carboxylic acids is 1. The molecular formula is C14H17N3O2S. The van der Waals surface area contributed by atoms with Gasteiger partial charge in [-0.25, -0.2) is 9.78 Å². The van der Waals surface area contributed by atoms with E-state index in [9.17, 15) is 4.79 Å². The minimum absolute atomic E-state index is 0.0555. The molecule has 0 saturated carbocycles. The predicted molar refractivity (Wildman–Crippen MR) is 81.1 cm³/mol. The predicted octanol–water partition coefficient (Wildman–Crippen LogP) is 2.99. The Labute approximate surface area is 121 Å². The molecule has 0 aliphatic rings. The number of nitrogen functional groups attached to an aromatic ring is 1. The van der Waals surface area contributed by atoms with Crippen LogP contribution >= 0.6 is 11.3 Å². The molecule has 5 nitrogen and oxygen atoms in total. The number of benzene rings is 1. The number of thiazole rings is 1. The molecule has 20 heavy (non-hydrogen) atoms. The van der Waals surface area contributed by atoms with Crippen LogP contribution in [-0.2, 0) is 4.74 Å². The maximum atomic E-state index is 11.4. The largest absolute Gasteiger partial charge is 0.465 e. The van der Waals surface area contributed by atoms with E-state index >= 15 is 0 Å². The van der Waals surface area contributed by atoms with E-state index in [2.05, 4.69) is 15.0 Å². The fraction of sp³-hybridized carbons (Fsp3) is 0.286. The van der Waals surface area contributed by atoms with Gasteiger partial charge in [-0.2, -0.15) is 0 Å². The van der Waals surface area contributed by atoms with Crippen molar-refractivity contribution in [3.8, 4) is 0 Å². The molecule has 6 heteroatoms. The van der Waals surface area contributed by atoms with Crippen LogP contribution in [-0.4, -0.2) is 18.1 Å². The standard InChI is InChI=1S/C14H17N3O2S/c1-8-7-16-13(20-8)9(2)17-12-5-4-10(6-11(12)15)14(18)19-3/h4-7,9,17H,15H2,1-3H3. The molecule has 106 valence electrons. The van der Waals surface area contributed by atoms with Crippen LogP contribution in [0.3, 0.4) is 0 Å². The Morgan fingerprint density at radius 3 is 2.80 bits per heavy atom. The van der Waals surface area contributed by atoms with Gasteiger partial charge >= 0.3 is 5.97 Å². The fourth-order valence-electron chi connectivity index (χ4n) is 1.81. The number of anilines is 2. The first kappa shape index (κ1) is 14.3. The van der Waals surface area contributed by atoms with Crippen LogP contribution in [0, 0.1) is 6.92 Å². The number of nitrogens with zero attached hydrogens (tertiary/aromatic N) is 1. The van der Waals surface area contributed by atoms with E-state index in [1.54, 1.807) is 29.5 Å². The molecule has 0 spiro atoms. The van der Waals surface area contributed by atoms with E-state index in [1.165, 1.54) is 12.0 Å². The van der Waals surface area contributed by atoms with Gasteiger partial charge in [-0.05, 0) is 32.0 Å². The summed E-state index contributed by atoms with van der Waals surface area (Å²) in [7, 11) is 1.34. The molecule has 3 N–H and O–H groups in total. The summed E-state index contributed by atoms with van der Waals surface area (Å²) in [5.74, 6) is -0.396. The second-order valence-electron chi connectivity index (χ2n) is 4.47. The Morgan fingerprint density at radius 1 is 1.50 bits per heavy atom. The Bertz CT molecular complexity index is 625. The van der Waals surface area contributed by atoms with E-state index in [4.69, 9.17) is 5.73 Å². The van der Waals surface area contributed by atoms with Crippen molar-refractivity contribution in [3.05, 3.63) is 39.8 Å². The summed E-state index contributed by atoms with van der Waals surface area (Å²) in [6.07, 6.45) is 1.85. The first-order valence-electron chi connectivity index (χ1n) is 6.18. The van der Waals surface area contributed by atoms with Crippen LogP contribution in [0.2, 0.25) is 0 Å². The summed E-state index contributed by atoms with van der Waals surface area (Å²) >= 11 is 1.64. The Morgan fingerprint density at radius 2 is 2.25 bits per heavy atom. The molecular weight excluding hydrogens is 274 g/mol. The molecule has 2 rings (SSSR count). The van der Waals surface area contributed by atoms with Crippen LogP contribution in [0.4, 0.5) is 11.4 Å². The highest BCUT2D eigenvalue weighted by molar-refractivity contribution is 7.11. The van der Waals surface area contributed by atoms with Gasteiger partial charge in [-0.1, -0.05) is 0 Å². The van der Waals surface area contributed by atoms with Gasteiger partial charge in [-0.3, -0.25) is 0 Å².